The van der Waals surface area contributed by atoms with E-state index in [0.29, 0.717) is 25.0 Å². The first-order valence-corrected chi connectivity index (χ1v) is 13.2. The smallest absolute Gasteiger partial charge is 0.314 e. The number of rotatable bonds is 10. The topological polar surface area (TPSA) is 44.8 Å². The maximum absolute atomic E-state index is 14.8. The Bertz CT molecular complexity index is 1420. The largest absolute Gasteiger partial charge is 0.491 e. The van der Waals surface area contributed by atoms with Gasteiger partial charge < -0.3 is 14.2 Å². The minimum atomic E-state index is -1.26. The Morgan fingerprint density at radius 1 is 0.825 bits per heavy atom. The zero-order valence-electron chi connectivity index (χ0n) is 22.2. The van der Waals surface area contributed by atoms with E-state index in [9.17, 15) is 26.7 Å². The van der Waals surface area contributed by atoms with Crippen LogP contribution < -0.4 is 14.2 Å². The highest BCUT2D eigenvalue weighted by atomic mass is 19.2. The molecule has 1 aliphatic rings. The molecule has 0 N–H and O–H groups in total. The van der Waals surface area contributed by atoms with E-state index < -0.39 is 41.0 Å². The molecule has 9 heteroatoms. The second-order valence-corrected chi connectivity index (χ2v) is 9.38. The number of esters is 1. The molecular formula is C31H29F5O4. The van der Waals surface area contributed by atoms with Crippen LogP contribution in [0.15, 0.2) is 48.5 Å². The lowest BCUT2D eigenvalue weighted by Gasteiger charge is -2.21. The highest BCUT2D eigenvalue weighted by molar-refractivity contribution is 5.78. The fraction of sp³-hybridized carbons (Fsp3) is 0.323. The minimum Gasteiger partial charge on any atom is -0.491 e. The van der Waals surface area contributed by atoms with Gasteiger partial charge >= 0.3 is 5.97 Å². The van der Waals surface area contributed by atoms with E-state index in [1.807, 2.05) is 6.92 Å². The Kier molecular flexibility index (Phi) is 9.45. The molecule has 212 valence electrons. The van der Waals surface area contributed by atoms with Crippen molar-refractivity contribution in [3.63, 3.8) is 0 Å². The Hall–Kier alpha value is -3.88. The number of carbonyl (C=O) groups excluding carboxylic acids is 1. The van der Waals surface area contributed by atoms with Gasteiger partial charge in [-0.25, -0.2) is 13.2 Å². The average molecular weight is 561 g/mol. The van der Waals surface area contributed by atoms with Crippen molar-refractivity contribution >= 4 is 11.5 Å². The van der Waals surface area contributed by atoms with Crippen LogP contribution in [0.25, 0.3) is 16.7 Å². The van der Waals surface area contributed by atoms with E-state index in [2.05, 4.69) is 0 Å². The summed E-state index contributed by atoms with van der Waals surface area (Å²) in [6.45, 7) is 4.02. The minimum absolute atomic E-state index is 0.0976. The van der Waals surface area contributed by atoms with Crippen molar-refractivity contribution in [3.05, 3.63) is 83.2 Å². The van der Waals surface area contributed by atoms with Crippen molar-refractivity contribution in [2.24, 2.45) is 5.92 Å². The number of unbranched alkanes of at least 4 members (excludes halogenated alkanes) is 1. The summed E-state index contributed by atoms with van der Waals surface area (Å²) in [6, 6.07) is 8.70. The van der Waals surface area contributed by atoms with Gasteiger partial charge in [0.1, 0.15) is 11.6 Å². The van der Waals surface area contributed by atoms with E-state index in [4.69, 9.17) is 14.2 Å². The summed E-state index contributed by atoms with van der Waals surface area (Å²) >= 11 is 0. The first-order chi connectivity index (χ1) is 19.2. The molecule has 1 unspecified atom stereocenters. The summed E-state index contributed by atoms with van der Waals surface area (Å²) in [4.78, 5) is 12.7. The summed E-state index contributed by atoms with van der Waals surface area (Å²) in [5.74, 6) is -7.14. The van der Waals surface area contributed by atoms with Crippen LogP contribution in [-0.4, -0.2) is 19.2 Å². The van der Waals surface area contributed by atoms with Crippen LogP contribution in [0, 0.1) is 35.0 Å². The van der Waals surface area contributed by atoms with Gasteiger partial charge in [0, 0.05) is 22.8 Å². The number of ether oxygens (including phenoxy) is 3. The van der Waals surface area contributed by atoms with E-state index in [1.165, 1.54) is 36.4 Å². The normalized spacial score (nSPS) is 15.0. The number of hydrogen-bond donors (Lipinski definition) is 0. The van der Waals surface area contributed by atoms with Gasteiger partial charge in [-0.15, -0.1) is 0 Å². The van der Waals surface area contributed by atoms with Crippen LogP contribution in [0.1, 0.15) is 51.5 Å². The zero-order chi connectivity index (χ0) is 28.8. The third-order valence-electron chi connectivity index (χ3n) is 6.69. The molecule has 1 atom stereocenters. The van der Waals surface area contributed by atoms with Crippen LogP contribution in [0.5, 0.6) is 17.2 Å². The second-order valence-electron chi connectivity index (χ2n) is 9.38. The Morgan fingerprint density at radius 3 is 2.10 bits per heavy atom. The van der Waals surface area contributed by atoms with Crippen LogP contribution in [0.2, 0.25) is 0 Å². The van der Waals surface area contributed by atoms with Crippen LogP contribution >= 0.6 is 0 Å². The van der Waals surface area contributed by atoms with Crippen molar-refractivity contribution in [2.45, 2.75) is 46.0 Å². The highest BCUT2D eigenvalue weighted by Crippen LogP contribution is 2.36. The molecule has 3 aromatic rings. The predicted octanol–water partition coefficient (Wildman–Crippen LogP) is 8.42. The van der Waals surface area contributed by atoms with Crippen molar-refractivity contribution in [1.29, 1.82) is 0 Å². The monoisotopic (exact) mass is 560 g/mol. The van der Waals surface area contributed by atoms with Gasteiger partial charge in [0.25, 0.3) is 0 Å². The lowest BCUT2D eigenvalue weighted by Crippen LogP contribution is -2.22. The van der Waals surface area contributed by atoms with E-state index in [-0.39, 0.29) is 47.0 Å². The predicted molar refractivity (Wildman–Crippen MR) is 141 cm³/mol. The molecule has 0 bridgehead atoms. The molecule has 3 aromatic carbocycles. The molecule has 0 aromatic heterocycles. The lowest BCUT2D eigenvalue weighted by molar-refractivity contribution is -0.139. The number of allylic oxidation sites excluding steroid dienone is 2. The molecule has 1 aliphatic carbocycles. The third-order valence-corrected chi connectivity index (χ3v) is 6.69. The molecule has 40 heavy (non-hydrogen) atoms. The van der Waals surface area contributed by atoms with Crippen LogP contribution in [0.3, 0.4) is 0 Å². The molecule has 0 amide bonds. The van der Waals surface area contributed by atoms with Crippen molar-refractivity contribution < 1.29 is 41.0 Å². The number of hydrogen-bond acceptors (Lipinski definition) is 4. The molecule has 4 nitrogen and oxygen atoms in total. The summed E-state index contributed by atoms with van der Waals surface area (Å²) in [5.41, 5.74) is 0.175. The molecule has 0 radical (unpaired) electrons. The van der Waals surface area contributed by atoms with Gasteiger partial charge in [0.05, 0.1) is 19.1 Å². The third kappa shape index (κ3) is 6.29. The Morgan fingerprint density at radius 2 is 1.48 bits per heavy atom. The SMILES string of the molecule is CCCCOc1ccc(C2=CCC(C(=O)Oc3ccc(-c4ccc(OCC)c(F)c4F)c(F)c3)CC2)c(F)c1F. The standard InChI is InChI=1S/C31H29F5O4/c1-3-5-16-39-26-14-12-21(27(33)30(26)36)18-6-8-19(9-7-18)31(37)40-20-10-11-22(24(32)17-20)23-13-15-25(38-4-2)29(35)28(23)34/h6,10-15,17,19H,3-5,7-9,16H2,1-2H3. The summed E-state index contributed by atoms with van der Waals surface area (Å²) in [7, 11) is 0. The zero-order valence-corrected chi connectivity index (χ0v) is 22.2. The van der Waals surface area contributed by atoms with Gasteiger partial charge in [-0.2, -0.15) is 8.78 Å². The Balaban J connectivity index is 1.42. The summed E-state index contributed by atoms with van der Waals surface area (Å²) in [6.07, 6.45) is 4.10. The van der Waals surface area contributed by atoms with Gasteiger partial charge in [-0.1, -0.05) is 19.4 Å². The van der Waals surface area contributed by atoms with E-state index in [1.54, 1.807) is 13.0 Å². The quantitative estimate of drug-likeness (QED) is 0.108. The average Bonchev–Trinajstić information content (AvgIpc) is 2.95. The van der Waals surface area contributed by atoms with Crippen LogP contribution in [0.4, 0.5) is 22.0 Å². The molecule has 0 aliphatic heterocycles. The lowest BCUT2D eigenvalue weighted by atomic mass is 9.86. The summed E-state index contributed by atoms with van der Waals surface area (Å²) in [5, 5.41) is 0. The number of halogens is 5. The van der Waals surface area contributed by atoms with Crippen molar-refractivity contribution in [1.82, 2.24) is 0 Å². The molecular weight excluding hydrogens is 531 g/mol. The van der Waals surface area contributed by atoms with Gasteiger partial charge in [0.2, 0.25) is 11.6 Å². The first-order valence-electron chi connectivity index (χ1n) is 13.2. The maximum Gasteiger partial charge on any atom is 0.314 e. The molecule has 0 spiro atoms. The van der Waals surface area contributed by atoms with E-state index in [0.717, 1.165) is 18.9 Å². The molecule has 4 rings (SSSR count). The fourth-order valence-electron chi connectivity index (χ4n) is 4.49. The van der Waals surface area contributed by atoms with E-state index >= 15 is 0 Å². The maximum atomic E-state index is 14.8. The summed E-state index contributed by atoms with van der Waals surface area (Å²) < 4.78 is 88.4. The number of benzene rings is 3. The highest BCUT2D eigenvalue weighted by Gasteiger charge is 2.27. The van der Waals surface area contributed by atoms with Gasteiger partial charge in [-0.3, -0.25) is 4.79 Å². The molecule has 0 saturated heterocycles. The van der Waals surface area contributed by atoms with Gasteiger partial charge in [0.15, 0.2) is 23.1 Å². The second kappa shape index (κ2) is 13.0. The van der Waals surface area contributed by atoms with Gasteiger partial charge in [-0.05, 0) is 74.6 Å². The molecule has 0 heterocycles. The molecule has 0 saturated carbocycles. The first kappa shape index (κ1) is 29.1. The van der Waals surface area contributed by atoms with Crippen molar-refractivity contribution in [2.75, 3.05) is 13.2 Å². The molecule has 0 fully saturated rings. The fourth-order valence-corrected chi connectivity index (χ4v) is 4.49. The Labute approximate surface area is 229 Å². The van der Waals surface area contributed by atoms with Crippen LogP contribution in [-0.2, 0) is 4.79 Å². The number of carbonyl (C=O) groups is 1. The van der Waals surface area contributed by atoms with Crippen molar-refractivity contribution in [3.8, 4) is 28.4 Å².